The van der Waals surface area contributed by atoms with Crippen LogP contribution < -0.4 is 0 Å². The first kappa shape index (κ1) is 52.5. The Morgan fingerprint density at radius 3 is 1.16 bits per heavy atom. The summed E-state index contributed by atoms with van der Waals surface area (Å²) < 4.78 is 26.3. The van der Waals surface area contributed by atoms with Crippen LogP contribution in [0.3, 0.4) is 0 Å². The molecule has 0 radical (unpaired) electrons. The standard InChI is InChI=1S/C47H73O8P/c1-3-5-7-9-11-13-15-17-19-21-23-25-27-29-31-33-35-37-39-41-46(48)53-43-45(44-54-56(50,51)52)55-47(49)42-40-38-36-34-32-30-28-26-24-22-20-18-16-14-12-10-8-6-4-2/h5-8,11-14,17-20,23-26,29-32,45H,3-4,9-10,15-16,21-22,27-28,33-44H2,1-2H3,(H2,50,51,52)/b7-5+,8-6+,13-11+,14-12+,19-17+,20-18+,25-23+,26-24+,31-29+,32-30+/t45-/m1/s1. The van der Waals surface area contributed by atoms with Gasteiger partial charge in [0.15, 0.2) is 6.10 Å². The Morgan fingerprint density at radius 1 is 0.464 bits per heavy atom. The van der Waals surface area contributed by atoms with E-state index in [1.807, 2.05) is 0 Å². The van der Waals surface area contributed by atoms with E-state index in [1.165, 1.54) is 0 Å². The lowest BCUT2D eigenvalue weighted by molar-refractivity contribution is -0.161. The maximum absolute atomic E-state index is 12.4. The van der Waals surface area contributed by atoms with Crippen LogP contribution in [0, 0.1) is 0 Å². The number of allylic oxidation sites excluding steroid dienone is 20. The van der Waals surface area contributed by atoms with E-state index in [2.05, 4.69) is 140 Å². The SMILES string of the molecule is CC/C=C/C/C=C/C/C=C/C/C=C/C/C=C/CCCCCC(=O)OC[C@H](COP(=O)(O)O)OC(=O)CCCCC/C=C/C/C=C/C/C=C/C/C=C/C/C=C/CC. The van der Waals surface area contributed by atoms with E-state index < -0.39 is 32.5 Å². The molecule has 0 aliphatic rings. The van der Waals surface area contributed by atoms with Gasteiger partial charge in [0.05, 0.1) is 6.61 Å². The maximum atomic E-state index is 12.4. The van der Waals surface area contributed by atoms with Crippen LogP contribution in [0.2, 0.25) is 0 Å². The fourth-order valence-electron chi connectivity index (χ4n) is 4.95. The van der Waals surface area contributed by atoms with E-state index in [0.29, 0.717) is 12.8 Å². The molecule has 0 spiro atoms. The molecule has 0 aliphatic carbocycles. The van der Waals surface area contributed by atoms with Crippen molar-refractivity contribution in [2.45, 2.75) is 148 Å². The number of phosphoric ester groups is 1. The van der Waals surface area contributed by atoms with Crippen LogP contribution in [0.1, 0.15) is 142 Å². The molecule has 8 nitrogen and oxygen atoms in total. The van der Waals surface area contributed by atoms with Gasteiger partial charge in [-0.25, -0.2) is 4.57 Å². The fraction of sp³-hybridized carbons (Fsp3) is 0.532. The summed E-state index contributed by atoms with van der Waals surface area (Å²) in [5.74, 6) is -0.975. The first-order valence-electron chi connectivity index (χ1n) is 20.8. The summed E-state index contributed by atoms with van der Waals surface area (Å²) in [5.41, 5.74) is 0. The summed E-state index contributed by atoms with van der Waals surface area (Å²) >= 11 is 0. The molecule has 0 unspecified atom stereocenters. The third kappa shape index (κ3) is 43.2. The van der Waals surface area contributed by atoms with E-state index in [9.17, 15) is 14.2 Å². The van der Waals surface area contributed by atoms with Crippen molar-refractivity contribution in [2.75, 3.05) is 13.2 Å². The average molecular weight is 797 g/mol. The van der Waals surface area contributed by atoms with Crippen molar-refractivity contribution in [3.05, 3.63) is 122 Å². The van der Waals surface area contributed by atoms with E-state index in [0.717, 1.165) is 103 Å². The lowest BCUT2D eigenvalue weighted by Crippen LogP contribution is -2.29. The van der Waals surface area contributed by atoms with E-state index >= 15 is 0 Å². The first-order chi connectivity index (χ1) is 27.3. The number of hydrogen-bond donors (Lipinski definition) is 2. The normalized spacial score (nSPS) is 13.7. The number of carbonyl (C=O) groups excluding carboxylic acids is 2. The number of rotatable bonds is 36. The minimum atomic E-state index is -4.78. The Labute approximate surface area is 339 Å². The molecule has 0 saturated carbocycles. The number of ether oxygens (including phenoxy) is 2. The van der Waals surface area contributed by atoms with Crippen molar-refractivity contribution in [1.82, 2.24) is 0 Å². The predicted molar refractivity (Wildman–Crippen MR) is 234 cm³/mol. The molecule has 0 bridgehead atoms. The smallest absolute Gasteiger partial charge is 0.462 e. The van der Waals surface area contributed by atoms with Gasteiger partial charge in [-0.3, -0.25) is 14.1 Å². The Morgan fingerprint density at radius 2 is 0.804 bits per heavy atom. The average Bonchev–Trinajstić information content (AvgIpc) is 3.17. The zero-order valence-electron chi connectivity index (χ0n) is 34.5. The first-order valence-corrected chi connectivity index (χ1v) is 22.4. The van der Waals surface area contributed by atoms with Crippen LogP contribution in [-0.4, -0.2) is 41.0 Å². The quantitative estimate of drug-likeness (QED) is 0.0278. The lowest BCUT2D eigenvalue weighted by atomic mass is 10.1. The monoisotopic (exact) mass is 797 g/mol. The van der Waals surface area contributed by atoms with Crippen molar-refractivity contribution in [2.24, 2.45) is 0 Å². The summed E-state index contributed by atoms with van der Waals surface area (Å²) in [5, 5.41) is 0. The molecule has 314 valence electrons. The van der Waals surface area contributed by atoms with Crippen LogP contribution in [-0.2, 0) is 28.2 Å². The van der Waals surface area contributed by atoms with Gasteiger partial charge in [0.1, 0.15) is 6.61 Å². The lowest BCUT2D eigenvalue weighted by Gasteiger charge is -2.18. The molecule has 9 heteroatoms. The van der Waals surface area contributed by atoms with Gasteiger partial charge in [-0.15, -0.1) is 0 Å². The molecule has 0 aromatic carbocycles. The summed E-state index contributed by atoms with van der Waals surface area (Å²) in [7, 11) is -4.78. The van der Waals surface area contributed by atoms with E-state index in [4.69, 9.17) is 19.3 Å². The Kier molecular flexibility index (Phi) is 38.5. The number of carbonyl (C=O) groups is 2. The molecule has 2 N–H and O–H groups in total. The van der Waals surface area contributed by atoms with Crippen molar-refractivity contribution >= 4 is 19.8 Å². The highest BCUT2D eigenvalue weighted by Gasteiger charge is 2.22. The second-order valence-electron chi connectivity index (χ2n) is 13.2. The minimum Gasteiger partial charge on any atom is -0.462 e. The highest BCUT2D eigenvalue weighted by molar-refractivity contribution is 7.46. The van der Waals surface area contributed by atoms with Gasteiger partial charge in [-0.05, 0) is 103 Å². The van der Waals surface area contributed by atoms with Gasteiger partial charge in [-0.2, -0.15) is 0 Å². The van der Waals surface area contributed by atoms with Crippen LogP contribution >= 0.6 is 7.82 Å². The van der Waals surface area contributed by atoms with Crippen molar-refractivity contribution < 1.29 is 37.9 Å². The predicted octanol–water partition coefficient (Wildman–Crippen LogP) is 13.0. The molecule has 0 saturated heterocycles. The molecule has 0 aliphatic heterocycles. The minimum absolute atomic E-state index is 0.157. The second-order valence-corrected chi connectivity index (χ2v) is 14.4. The molecule has 0 aromatic rings. The third-order valence-corrected chi connectivity index (χ3v) is 8.46. The molecule has 0 fully saturated rings. The number of hydrogen-bond acceptors (Lipinski definition) is 6. The van der Waals surface area contributed by atoms with Gasteiger partial charge in [0, 0.05) is 12.8 Å². The summed E-state index contributed by atoms with van der Waals surface area (Å²) in [6.07, 6.45) is 59.1. The van der Waals surface area contributed by atoms with Crippen LogP contribution in [0.15, 0.2) is 122 Å². The van der Waals surface area contributed by atoms with Gasteiger partial charge >= 0.3 is 19.8 Å². The van der Waals surface area contributed by atoms with E-state index in [-0.39, 0.29) is 19.4 Å². The number of phosphoric acid groups is 1. The van der Waals surface area contributed by atoms with Crippen LogP contribution in [0.25, 0.3) is 0 Å². The molecular formula is C47H73O8P. The van der Waals surface area contributed by atoms with Crippen LogP contribution in [0.5, 0.6) is 0 Å². The molecule has 0 aromatic heterocycles. The van der Waals surface area contributed by atoms with Crippen LogP contribution in [0.4, 0.5) is 0 Å². The number of unbranched alkanes of at least 4 members (excludes halogenated alkanes) is 6. The number of esters is 2. The summed E-state index contributed by atoms with van der Waals surface area (Å²) in [6.45, 7) is 3.38. The zero-order chi connectivity index (χ0) is 41.1. The molecular weight excluding hydrogens is 723 g/mol. The molecule has 0 heterocycles. The Bertz CT molecular complexity index is 1310. The summed E-state index contributed by atoms with van der Waals surface area (Å²) in [4.78, 5) is 42.9. The van der Waals surface area contributed by atoms with Crippen molar-refractivity contribution in [1.29, 1.82) is 0 Å². The maximum Gasteiger partial charge on any atom is 0.469 e. The Hall–Kier alpha value is -3.55. The van der Waals surface area contributed by atoms with Crippen molar-refractivity contribution in [3.63, 3.8) is 0 Å². The van der Waals surface area contributed by atoms with Gasteiger partial charge in [0.2, 0.25) is 0 Å². The largest absolute Gasteiger partial charge is 0.469 e. The zero-order valence-corrected chi connectivity index (χ0v) is 35.4. The highest BCUT2D eigenvalue weighted by Crippen LogP contribution is 2.36. The van der Waals surface area contributed by atoms with E-state index in [1.54, 1.807) is 0 Å². The molecule has 1 atom stereocenters. The molecule has 0 rings (SSSR count). The van der Waals surface area contributed by atoms with Gasteiger partial charge in [-0.1, -0.05) is 148 Å². The van der Waals surface area contributed by atoms with Gasteiger partial charge < -0.3 is 19.3 Å². The summed E-state index contributed by atoms with van der Waals surface area (Å²) in [6, 6.07) is 0. The fourth-order valence-corrected chi connectivity index (χ4v) is 5.31. The van der Waals surface area contributed by atoms with Crippen molar-refractivity contribution in [3.8, 4) is 0 Å². The third-order valence-electron chi connectivity index (χ3n) is 7.98. The molecule has 56 heavy (non-hydrogen) atoms. The highest BCUT2D eigenvalue weighted by atomic mass is 31.2. The molecule has 0 amide bonds. The Balaban J connectivity index is 4.10. The van der Waals surface area contributed by atoms with Gasteiger partial charge in [0.25, 0.3) is 0 Å². The topological polar surface area (TPSA) is 119 Å². The second kappa shape index (κ2) is 41.1.